The number of nitriles is 1. The minimum Gasteiger partial charge on any atom is -0.294 e. The lowest BCUT2D eigenvalue weighted by Gasteiger charge is -2.27. The van der Waals surface area contributed by atoms with Crippen LogP contribution in [0.1, 0.15) is 22.8 Å². The Hall–Kier alpha value is -3.07. The molecule has 1 N–H and O–H groups in total. The van der Waals surface area contributed by atoms with E-state index in [1.54, 1.807) is 50.2 Å². The van der Waals surface area contributed by atoms with Crippen molar-refractivity contribution >= 4 is 11.8 Å². The monoisotopic (exact) mass is 306 g/mol. The van der Waals surface area contributed by atoms with Crippen LogP contribution in [0.2, 0.25) is 0 Å². The topological polar surface area (TPSA) is 95.7 Å². The molecule has 23 heavy (non-hydrogen) atoms. The number of nitrogens with one attached hydrogen (secondary N) is 1. The third kappa shape index (κ3) is 2.09. The molecule has 2 aromatic rings. The highest BCUT2D eigenvalue weighted by Crippen LogP contribution is 2.41. The first-order valence-corrected chi connectivity index (χ1v) is 7.13. The van der Waals surface area contributed by atoms with E-state index < -0.39 is 23.1 Å². The highest BCUT2D eigenvalue weighted by molar-refractivity contribution is 6.13. The van der Waals surface area contributed by atoms with Crippen LogP contribution >= 0.6 is 0 Å². The predicted molar refractivity (Wildman–Crippen MR) is 81.0 cm³/mol. The normalized spacial score (nSPS) is 19.3. The first-order chi connectivity index (χ1) is 11.0. The van der Waals surface area contributed by atoms with Gasteiger partial charge in [0.15, 0.2) is 11.3 Å². The summed E-state index contributed by atoms with van der Waals surface area (Å²) < 4.78 is 0. The molecule has 0 spiro atoms. The van der Waals surface area contributed by atoms with Gasteiger partial charge in [0.05, 0.1) is 17.5 Å². The predicted octanol–water partition coefficient (Wildman–Crippen LogP) is 1.18. The highest BCUT2D eigenvalue weighted by Gasteiger charge is 2.60. The van der Waals surface area contributed by atoms with Gasteiger partial charge in [-0.25, -0.2) is 0 Å². The smallest absolute Gasteiger partial charge is 0.246 e. The summed E-state index contributed by atoms with van der Waals surface area (Å²) in [5, 5.41) is 11.8. The quantitative estimate of drug-likeness (QED) is 0.840. The van der Waals surface area contributed by atoms with Gasteiger partial charge in [0.1, 0.15) is 0 Å². The molecular weight excluding hydrogens is 292 g/mol. The van der Waals surface area contributed by atoms with Crippen LogP contribution < -0.4 is 5.32 Å². The van der Waals surface area contributed by atoms with Crippen molar-refractivity contribution in [1.29, 1.82) is 5.26 Å². The maximum absolute atomic E-state index is 12.7. The van der Waals surface area contributed by atoms with Crippen LogP contribution in [0.15, 0.2) is 36.4 Å². The molecule has 1 aliphatic rings. The van der Waals surface area contributed by atoms with Crippen molar-refractivity contribution in [2.24, 2.45) is 5.92 Å². The Balaban J connectivity index is 2.37. The van der Waals surface area contributed by atoms with Gasteiger partial charge in [-0.2, -0.15) is 5.26 Å². The summed E-state index contributed by atoms with van der Waals surface area (Å²) in [4.78, 5) is 33.7. The molecule has 3 heterocycles. The van der Waals surface area contributed by atoms with Gasteiger partial charge < -0.3 is 0 Å². The van der Waals surface area contributed by atoms with Gasteiger partial charge in [-0.15, -0.1) is 0 Å². The Morgan fingerprint density at radius 1 is 1.04 bits per heavy atom. The largest absolute Gasteiger partial charge is 0.294 e. The molecule has 0 bridgehead atoms. The van der Waals surface area contributed by atoms with E-state index in [-0.39, 0.29) is 0 Å². The summed E-state index contributed by atoms with van der Waals surface area (Å²) in [5.41, 5.74) is 0.567. The number of carbonyl (C=O) groups is 2. The number of rotatable bonds is 2. The van der Waals surface area contributed by atoms with Crippen molar-refractivity contribution in [2.75, 3.05) is 0 Å². The number of aryl methyl sites for hydroxylation is 2. The van der Waals surface area contributed by atoms with Crippen molar-refractivity contribution in [3.63, 3.8) is 0 Å². The maximum atomic E-state index is 12.7. The molecule has 0 unspecified atom stereocenters. The first kappa shape index (κ1) is 14.9. The summed E-state index contributed by atoms with van der Waals surface area (Å²) in [6.45, 7) is 3.58. The lowest BCUT2D eigenvalue weighted by atomic mass is 9.71. The second kappa shape index (κ2) is 5.29. The number of pyridine rings is 2. The molecule has 6 heteroatoms. The first-order valence-electron chi connectivity index (χ1n) is 7.13. The fourth-order valence-corrected chi connectivity index (χ4v) is 2.95. The minimum absolute atomic E-state index is 0.352. The van der Waals surface area contributed by atoms with Crippen LogP contribution in [0, 0.1) is 31.1 Å². The average Bonchev–Trinajstić information content (AvgIpc) is 2.77. The third-order valence-corrected chi connectivity index (χ3v) is 4.00. The van der Waals surface area contributed by atoms with Gasteiger partial charge in [-0.3, -0.25) is 24.9 Å². The molecule has 2 amide bonds. The molecule has 0 saturated carbocycles. The fraction of sp³-hybridized carbons (Fsp3) is 0.235. The van der Waals surface area contributed by atoms with Gasteiger partial charge in [-0.1, -0.05) is 12.1 Å². The maximum Gasteiger partial charge on any atom is 0.246 e. The van der Waals surface area contributed by atoms with Crippen LogP contribution in [0.25, 0.3) is 0 Å². The standard InChI is InChI=1S/C17H14N4O2/c1-10-5-3-7-13(19-10)17(14-8-4-6-11(2)20-14)12(9-18)15(22)21-16(17)23/h3-8,12H,1-2H3,(H,21,22,23)/t12-/m1/s1. The van der Waals surface area contributed by atoms with Crippen molar-refractivity contribution in [3.05, 3.63) is 59.2 Å². The minimum atomic E-state index is -1.52. The third-order valence-electron chi connectivity index (χ3n) is 4.00. The molecule has 1 aliphatic heterocycles. The second-order valence-electron chi connectivity index (χ2n) is 5.52. The van der Waals surface area contributed by atoms with Crippen molar-refractivity contribution in [3.8, 4) is 6.07 Å². The zero-order valence-electron chi connectivity index (χ0n) is 12.7. The Labute approximate surface area is 133 Å². The number of imide groups is 1. The van der Waals surface area contributed by atoms with E-state index in [2.05, 4.69) is 15.3 Å². The average molecular weight is 306 g/mol. The van der Waals surface area contributed by atoms with Gasteiger partial charge in [0.2, 0.25) is 11.8 Å². The Morgan fingerprint density at radius 3 is 2.00 bits per heavy atom. The number of amides is 2. The zero-order chi connectivity index (χ0) is 16.6. The van der Waals surface area contributed by atoms with Crippen molar-refractivity contribution < 1.29 is 9.59 Å². The zero-order valence-corrected chi connectivity index (χ0v) is 12.7. The molecule has 1 fully saturated rings. The molecule has 114 valence electrons. The van der Waals surface area contributed by atoms with E-state index in [1.165, 1.54) is 0 Å². The Bertz CT molecular complexity index is 808. The number of hydrogen-bond donors (Lipinski definition) is 1. The highest BCUT2D eigenvalue weighted by atomic mass is 16.2. The van der Waals surface area contributed by atoms with Gasteiger partial charge in [-0.05, 0) is 38.1 Å². The number of hydrogen-bond acceptors (Lipinski definition) is 5. The van der Waals surface area contributed by atoms with Gasteiger partial charge in [0, 0.05) is 11.4 Å². The SMILES string of the molecule is Cc1cccc(C2(c3cccc(C)n3)C(=O)NC(=O)[C@H]2C#N)n1. The summed E-state index contributed by atoms with van der Waals surface area (Å²) >= 11 is 0. The number of carbonyl (C=O) groups excluding carboxylic acids is 2. The molecule has 6 nitrogen and oxygen atoms in total. The second-order valence-corrected chi connectivity index (χ2v) is 5.52. The van der Waals surface area contributed by atoms with E-state index in [1.807, 2.05) is 6.07 Å². The number of nitrogens with zero attached hydrogens (tertiary/aromatic N) is 3. The van der Waals surface area contributed by atoms with E-state index in [0.717, 1.165) is 0 Å². The molecule has 0 radical (unpaired) electrons. The Kier molecular flexibility index (Phi) is 3.41. The lowest BCUT2D eigenvalue weighted by molar-refractivity contribution is -0.126. The fourth-order valence-electron chi connectivity index (χ4n) is 2.95. The van der Waals surface area contributed by atoms with Crippen LogP contribution in [0.4, 0.5) is 0 Å². The van der Waals surface area contributed by atoms with E-state index >= 15 is 0 Å². The molecule has 0 aliphatic carbocycles. The van der Waals surface area contributed by atoms with Crippen molar-refractivity contribution in [2.45, 2.75) is 19.3 Å². The molecule has 1 atom stereocenters. The van der Waals surface area contributed by atoms with E-state index in [4.69, 9.17) is 0 Å². The van der Waals surface area contributed by atoms with Crippen LogP contribution in [0.5, 0.6) is 0 Å². The summed E-state index contributed by atoms with van der Waals surface area (Å²) in [5.74, 6) is -2.40. The van der Waals surface area contributed by atoms with Crippen molar-refractivity contribution in [1.82, 2.24) is 15.3 Å². The van der Waals surface area contributed by atoms with Gasteiger partial charge >= 0.3 is 0 Å². The summed E-state index contributed by atoms with van der Waals surface area (Å²) in [6.07, 6.45) is 0. The van der Waals surface area contributed by atoms with E-state index in [0.29, 0.717) is 22.8 Å². The lowest BCUT2D eigenvalue weighted by Crippen LogP contribution is -2.42. The van der Waals surface area contributed by atoms with Crippen LogP contribution in [-0.4, -0.2) is 21.8 Å². The molecular formula is C17H14N4O2. The molecule has 0 aromatic carbocycles. The van der Waals surface area contributed by atoms with Crippen LogP contribution in [0.3, 0.4) is 0 Å². The van der Waals surface area contributed by atoms with E-state index in [9.17, 15) is 14.9 Å². The molecule has 2 aromatic heterocycles. The summed E-state index contributed by atoms with van der Waals surface area (Å²) in [7, 11) is 0. The van der Waals surface area contributed by atoms with Crippen LogP contribution in [-0.2, 0) is 15.0 Å². The summed E-state index contributed by atoms with van der Waals surface area (Å²) in [6, 6.07) is 12.3. The Morgan fingerprint density at radius 2 is 1.57 bits per heavy atom. The molecule has 1 saturated heterocycles. The number of aromatic nitrogens is 2. The van der Waals surface area contributed by atoms with Gasteiger partial charge in [0.25, 0.3) is 0 Å². The molecule has 3 rings (SSSR count).